The minimum absolute atomic E-state index is 0. The van der Waals surface area contributed by atoms with Crippen LogP contribution in [0.4, 0.5) is 5.69 Å². The number of aliphatic hydroxyl groups excluding tert-OH is 1. The van der Waals surface area contributed by atoms with Crippen LogP contribution < -0.4 is 11.5 Å². The number of halogens is 2. The van der Waals surface area contributed by atoms with Crippen LogP contribution in [-0.2, 0) is 0 Å². The summed E-state index contributed by atoms with van der Waals surface area (Å²) in [6, 6.07) is 4.65. The first-order valence-corrected chi connectivity index (χ1v) is 5.42. The highest BCUT2D eigenvalue weighted by molar-refractivity contribution is 6.30. The molecule has 1 aromatic carbocycles. The molecular formula is C11H18Cl2N2O. The van der Waals surface area contributed by atoms with Gasteiger partial charge in [0, 0.05) is 10.7 Å². The smallest absolute Gasteiger partial charge is 0.0733 e. The van der Waals surface area contributed by atoms with Crippen LogP contribution >= 0.6 is 24.0 Å². The second kappa shape index (κ2) is 6.97. The Labute approximate surface area is 107 Å². The zero-order chi connectivity index (χ0) is 11.4. The molecular weight excluding hydrogens is 247 g/mol. The molecule has 0 spiro atoms. The van der Waals surface area contributed by atoms with Gasteiger partial charge in [0.25, 0.3) is 0 Å². The normalized spacial score (nSPS) is 14.0. The lowest BCUT2D eigenvalue weighted by Crippen LogP contribution is -2.26. The van der Waals surface area contributed by atoms with Crippen LogP contribution in [0.2, 0.25) is 5.02 Å². The fourth-order valence-electron chi connectivity index (χ4n) is 1.52. The van der Waals surface area contributed by atoms with Crippen LogP contribution in [-0.4, -0.2) is 11.2 Å². The first-order valence-electron chi connectivity index (χ1n) is 5.04. The van der Waals surface area contributed by atoms with E-state index in [1.165, 1.54) is 0 Å². The summed E-state index contributed by atoms with van der Waals surface area (Å²) in [6.07, 6.45) is 0.971. The fourth-order valence-corrected chi connectivity index (χ4v) is 1.70. The molecule has 5 N–H and O–H groups in total. The van der Waals surface area contributed by atoms with Crippen molar-refractivity contribution >= 4 is 29.7 Å². The standard InChI is InChI=1S/C11H17ClN2O.ClH/c1-2-3-10(15)11(14)8-6-7(12)4-5-9(8)13;/h4-6,10-11,15H,2-3,13-14H2,1H3;1H/t10-,11+;/m0./s1. The lowest BCUT2D eigenvalue weighted by atomic mass is 9.98. The number of benzene rings is 1. The molecule has 0 aliphatic carbocycles. The Morgan fingerprint density at radius 1 is 1.44 bits per heavy atom. The predicted molar refractivity (Wildman–Crippen MR) is 71.0 cm³/mol. The SMILES string of the molecule is CCC[C@H](O)[C@H](N)c1cc(Cl)ccc1N.Cl. The minimum atomic E-state index is -0.573. The summed E-state index contributed by atoms with van der Waals surface area (Å²) in [5, 5.41) is 10.3. The van der Waals surface area contributed by atoms with Gasteiger partial charge in [-0.3, -0.25) is 0 Å². The van der Waals surface area contributed by atoms with Crippen molar-refractivity contribution in [2.75, 3.05) is 5.73 Å². The average Bonchev–Trinajstić information content (AvgIpc) is 2.21. The van der Waals surface area contributed by atoms with E-state index in [1.807, 2.05) is 6.92 Å². The van der Waals surface area contributed by atoms with Gasteiger partial charge in [-0.1, -0.05) is 24.9 Å². The van der Waals surface area contributed by atoms with Crippen molar-refractivity contribution in [3.05, 3.63) is 28.8 Å². The predicted octanol–water partition coefficient (Wildman–Crippen LogP) is 2.50. The summed E-state index contributed by atoms with van der Waals surface area (Å²) in [7, 11) is 0. The van der Waals surface area contributed by atoms with Gasteiger partial charge in [0.05, 0.1) is 12.1 Å². The Balaban J connectivity index is 0.00000225. The first kappa shape index (κ1) is 15.5. The highest BCUT2D eigenvalue weighted by atomic mass is 35.5. The topological polar surface area (TPSA) is 72.3 Å². The molecule has 0 aliphatic heterocycles. The maximum Gasteiger partial charge on any atom is 0.0733 e. The molecule has 0 bridgehead atoms. The molecule has 3 nitrogen and oxygen atoms in total. The summed E-state index contributed by atoms with van der Waals surface area (Å²) >= 11 is 5.85. The monoisotopic (exact) mass is 264 g/mol. The van der Waals surface area contributed by atoms with E-state index in [0.29, 0.717) is 22.7 Å². The summed E-state index contributed by atoms with van der Waals surface area (Å²) < 4.78 is 0. The Kier molecular flexibility index (Phi) is 6.76. The number of nitrogens with two attached hydrogens (primary N) is 2. The van der Waals surface area contributed by atoms with E-state index < -0.39 is 12.1 Å². The highest BCUT2D eigenvalue weighted by Gasteiger charge is 2.18. The number of hydrogen-bond acceptors (Lipinski definition) is 3. The minimum Gasteiger partial charge on any atom is -0.398 e. The summed E-state index contributed by atoms with van der Waals surface area (Å²) in [5.74, 6) is 0. The van der Waals surface area contributed by atoms with Gasteiger partial charge in [0.15, 0.2) is 0 Å². The third-order valence-corrected chi connectivity index (χ3v) is 2.64. The summed E-state index contributed by atoms with van der Waals surface area (Å²) in [4.78, 5) is 0. The molecule has 1 aromatic rings. The van der Waals surface area contributed by atoms with E-state index in [1.54, 1.807) is 18.2 Å². The molecule has 0 radical (unpaired) electrons. The largest absolute Gasteiger partial charge is 0.398 e. The Morgan fingerprint density at radius 2 is 2.06 bits per heavy atom. The van der Waals surface area contributed by atoms with Crippen LogP contribution in [0.5, 0.6) is 0 Å². The lowest BCUT2D eigenvalue weighted by Gasteiger charge is -2.20. The van der Waals surface area contributed by atoms with Gasteiger partial charge in [0.1, 0.15) is 0 Å². The quantitative estimate of drug-likeness (QED) is 0.732. The molecule has 0 aromatic heterocycles. The van der Waals surface area contributed by atoms with Gasteiger partial charge < -0.3 is 16.6 Å². The van der Waals surface area contributed by atoms with E-state index in [0.717, 1.165) is 6.42 Å². The second-order valence-electron chi connectivity index (χ2n) is 3.66. The van der Waals surface area contributed by atoms with Gasteiger partial charge in [-0.15, -0.1) is 12.4 Å². The molecule has 0 unspecified atom stereocenters. The van der Waals surface area contributed by atoms with Crippen LogP contribution in [0.25, 0.3) is 0 Å². The van der Waals surface area contributed by atoms with Crippen LogP contribution in [0, 0.1) is 0 Å². The van der Waals surface area contributed by atoms with Gasteiger partial charge in [-0.2, -0.15) is 0 Å². The zero-order valence-corrected chi connectivity index (χ0v) is 10.8. The van der Waals surface area contributed by atoms with Crippen molar-refractivity contribution in [1.82, 2.24) is 0 Å². The number of aliphatic hydroxyl groups is 1. The van der Waals surface area contributed by atoms with E-state index in [4.69, 9.17) is 23.1 Å². The molecule has 0 heterocycles. The molecule has 0 fully saturated rings. The summed E-state index contributed by atoms with van der Waals surface area (Å²) in [6.45, 7) is 2.00. The van der Waals surface area contributed by atoms with Crippen LogP contribution in [0.15, 0.2) is 18.2 Å². The van der Waals surface area contributed by atoms with Crippen molar-refractivity contribution in [3.8, 4) is 0 Å². The van der Waals surface area contributed by atoms with Gasteiger partial charge in [0.2, 0.25) is 0 Å². The molecule has 92 valence electrons. The van der Waals surface area contributed by atoms with Crippen molar-refractivity contribution in [2.45, 2.75) is 31.9 Å². The van der Waals surface area contributed by atoms with Crippen molar-refractivity contribution in [2.24, 2.45) is 5.73 Å². The van der Waals surface area contributed by atoms with Gasteiger partial charge in [-0.25, -0.2) is 0 Å². The zero-order valence-electron chi connectivity index (χ0n) is 9.19. The fraction of sp³-hybridized carbons (Fsp3) is 0.455. The Morgan fingerprint density at radius 3 is 2.62 bits per heavy atom. The summed E-state index contributed by atoms with van der Waals surface area (Å²) in [5.41, 5.74) is 13.0. The van der Waals surface area contributed by atoms with Crippen molar-refractivity contribution in [3.63, 3.8) is 0 Å². The van der Waals surface area contributed by atoms with Crippen molar-refractivity contribution < 1.29 is 5.11 Å². The first-order chi connectivity index (χ1) is 7.06. The Hall–Kier alpha value is -0.480. The van der Waals surface area contributed by atoms with Crippen LogP contribution in [0.3, 0.4) is 0 Å². The van der Waals surface area contributed by atoms with Crippen LogP contribution in [0.1, 0.15) is 31.4 Å². The average molecular weight is 265 g/mol. The molecule has 2 atom stereocenters. The van der Waals surface area contributed by atoms with E-state index >= 15 is 0 Å². The number of rotatable bonds is 4. The maximum atomic E-state index is 9.76. The molecule has 0 saturated heterocycles. The third kappa shape index (κ3) is 3.83. The third-order valence-electron chi connectivity index (χ3n) is 2.41. The molecule has 1 rings (SSSR count). The van der Waals surface area contributed by atoms with Gasteiger partial charge in [-0.05, 0) is 30.2 Å². The van der Waals surface area contributed by atoms with E-state index in [9.17, 15) is 5.11 Å². The second-order valence-corrected chi connectivity index (χ2v) is 4.09. The van der Waals surface area contributed by atoms with E-state index in [2.05, 4.69) is 0 Å². The van der Waals surface area contributed by atoms with Crippen molar-refractivity contribution in [1.29, 1.82) is 0 Å². The molecule has 16 heavy (non-hydrogen) atoms. The molecule has 0 amide bonds. The number of nitrogen functional groups attached to an aromatic ring is 1. The highest BCUT2D eigenvalue weighted by Crippen LogP contribution is 2.26. The molecule has 5 heteroatoms. The number of anilines is 1. The lowest BCUT2D eigenvalue weighted by molar-refractivity contribution is 0.134. The molecule has 0 saturated carbocycles. The molecule has 0 aliphatic rings. The Bertz CT molecular complexity index is 334. The number of hydrogen-bond donors (Lipinski definition) is 3. The van der Waals surface area contributed by atoms with E-state index in [-0.39, 0.29) is 12.4 Å². The maximum absolute atomic E-state index is 9.76. The van der Waals surface area contributed by atoms with Gasteiger partial charge >= 0.3 is 0 Å².